The van der Waals surface area contributed by atoms with Gasteiger partial charge in [0.25, 0.3) is 5.56 Å². The van der Waals surface area contributed by atoms with Crippen LogP contribution in [0.3, 0.4) is 0 Å². The molecule has 1 atom stereocenters. The van der Waals surface area contributed by atoms with Crippen LogP contribution in [0, 0.1) is 18.3 Å². The molecule has 7 nitrogen and oxygen atoms in total. The number of aryl methyl sites for hydroxylation is 2. The van der Waals surface area contributed by atoms with Crippen LogP contribution in [0.15, 0.2) is 9.95 Å². The summed E-state index contributed by atoms with van der Waals surface area (Å²) in [7, 11) is 0. The number of thiophene rings is 1. The fraction of sp³-hybridized carbons (Fsp3) is 0.636. The van der Waals surface area contributed by atoms with Gasteiger partial charge in [-0.2, -0.15) is 5.26 Å². The van der Waals surface area contributed by atoms with Gasteiger partial charge in [0.15, 0.2) is 5.16 Å². The maximum atomic E-state index is 13.5. The van der Waals surface area contributed by atoms with Crippen LogP contribution in [-0.4, -0.2) is 39.5 Å². The molecule has 166 valence electrons. The summed E-state index contributed by atoms with van der Waals surface area (Å²) in [6.07, 6.45) is 6.00. The van der Waals surface area contributed by atoms with E-state index in [1.807, 2.05) is 6.92 Å². The molecule has 2 fully saturated rings. The molecule has 0 radical (unpaired) electrons. The van der Waals surface area contributed by atoms with E-state index in [0.717, 1.165) is 47.4 Å². The second kappa shape index (κ2) is 9.31. The zero-order valence-electron chi connectivity index (χ0n) is 18.0. The van der Waals surface area contributed by atoms with E-state index in [1.54, 1.807) is 4.57 Å². The Kier molecular flexibility index (Phi) is 6.70. The topological polar surface area (TPSA) is 97.0 Å². The third-order valence-electron chi connectivity index (χ3n) is 6.22. The van der Waals surface area contributed by atoms with Crippen LogP contribution in [0.2, 0.25) is 0 Å². The number of hydrogen-bond acceptors (Lipinski definition) is 7. The summed E-state index contributed by atoms with van der Waals surface area (Å²) >= 11 is 2.80. The van der Waals surface area contributed by atoms with Gasteiger partial charge in [0.05, 0.1) is 29.9 Å². The highest BCUT2D eigenvalue weighted by Crippen LogP contribution is 2.31. The highest BCUT2D eigenvalue weighted by Gasteiger charge is 2.35. The number of nitrogens with zero attached hydrogens (tertiary/aromatic N) is 3. The monoisotopic (exact) mass is 460 g/mol. The number of amides is 1. The van der Waals surface area contributed by atoms with Crippen LogP contribution < -0.4 is 10.9 Å². The molecule has 1 N–H and O–H groups in total. The van der Waals surface area contributed by atoms with E-state index in [0.29, 0.717) is 36.5 Å². The molecule has 31 heavy (non-hydrogen) atoms. The van der Waals surface area contributed by atoms with Crippen molar-refractivity contribution in [3.63, 3.8) is 0 Å². The molecule has 3 heterocycles. The molecule has 1 amide bonds. The molecule has 1 saturated heterocycles. The van der Waals surface area contributed by atoms with Crippen LogP contribution in [0.5, 0.6) is 0 Å². The van der Waals surface area contributed by atoms with Crippen molar-refractivity contribution in [1.82, 2.24) is 14.9 Å². The Balaban J connectivity index is 1.61. The molecule has 2 aromatic heterocycles. The molecular weight excluding hydrogens is 432 g/mol. The van der Waals surface area contributed by atoms with Crippen LogP contribution in [0.4, 0.5) is 0 Å². The lowest BCUT2D eigenvalue weighted by atomic mass is 10.0. The quantitative estimate of drug-likeness (QED) is 0.501. The van der Waals surface area contributed by atoms with E-state index >= 15 is 0 Å². The number of aromatic nitrogens is 2. The molecule has 1 aliphatic carbocycles. The largest absolute Gasteiger partial charge is 0.376 e. The van der Waals surface area contributed by atoms with Gasteiger partial charge >= 0.3 is 0 Å². The van der Waals surface area contributed by atoms with Gasteiger partial charge < -0.3 is 10.1 Å². The molecule has 0 spiro atoms. The van der Waals surface area contributed by atoms with E-state index in [9.17, 15) is 14.9 Å². The number of fused-ring (bicyclic) bond motifs is 1. The molecule has 1 saturated carbocycles. The summed E-state index contributed by atoms with van der Waals surface area (Å²) < 4.78 is 7.46. The van der Waals surface area contributed by atoms with Crippen molar-refractivity contribution in [1.29, 1.82) is 5.26 Å². The highest BCUT2D eigenvalue weighted by molar-refractivity contribution is 7.99. The van der Waals surface area contributed by atoms with Gasteiger partial charge in [-0.15, -0.1) is 11.3 Å². The summed E-state index contributed by atoms with van der Waals surface area (Å²) in [6.45, 7) is 5.25. The first kappa shape index (κ1) is 22.3. The molecule has 0 aromatic carbocycles. The number of thioether (sulfide) groups is 1. The van der Waals surface area contributed by atoms with Crippen molar-refractivity contribution >= 4 is 39.2 Å². The zero-order valence-corrected chi connectivity index (χ0v) is 19.7. The predicted octanol–water partition coefficient (Wildman–Crippen LogP) is 3.55. The van der Waals surface area contributed by atoms with Crippen LogP contribution >= 0.6 is 23.1 Å². The summed E-state index contributed by atoms with van der Waals surface area (Å²) in [5, 5.41) is 13.7. The van der Waals surface area contributed by atoms with Crippen molar-refractivity contribution in [2.45, 2.75) is 82.1 Å². The Morgan fingerprint density at radius 3 is 2.84 bits per heavy atom. The molecule has 1 aliphatic heterocycles. The number of carbonyl (C=O) groups excluding carboxylic acids is 1. The third-order valence-corrected chi connectivity index (χ3v) is 8.24. The number of carbonyl (C=O) groups is 1. The zero-order chi connectivity index (χ0) is 22.0. The minimum atomic E-state index is -0.743. The van der Waals surface area contributed by atoms with Gasteiger partial charge in [-0.3, -0.25) is 14.2 Å². The first-order valence-corrected chi connectivity index (χ1v) is 12.8. The highest BCUT2D eigenvalue weighted by atomic mass is 32.2. The molecule has 4 rings (SSSR count). The molecule has 9 heteroatoms. The Morgan fingerprint density at radius 2 is 2.19 bits per heavy atom. The van der Waals surface area contributed by atoms with Crippen molar-refractivity contribution in [3.8, 4) is 6.07 Å². The molecular formula is C22H28N4O3S2. The lowest BCUT2D eigenvalue weighted by molar-refractivity contribution is -0.119. The maximum absolute atomic E-state index is 13.5. The second-order valence-corrected chi connectivity index (χ2v) is 10.5. The minimum absolute atomic E-state index is 0.00437. The average Bonchev–Trinajstić information content (AvgIpc) is 3.49. The summed E-state index contributed by atoms with van der Waals surface area (Å²) in [6, 6.07) is 2.29. The lowest BCUT2D eigenvalue weighted by Gasteiger charge is -2.22. The number of nitrogens with one attached hydrogen (secondary N) is 1. The van der Waals surface area contributed by atoms with Gasteiger partial charge in [-0.1, -0.05) is 18.7 Å². The van der Waals surface area contributed by atoms with Gasteiger partial charge in [-0.25, -0.2) is 4.98 Å². The predicted molar refractivity (Wildman–Crippen MR) is 123 cm³/mol. The summed E-state index contributed by atoms with van der Waals surface area (Å²) in [4.78, 5) is 32.7. The Morgan fingerprint density at radius 1 is 1.42 bits per heavy atom. The average molecular weight is 461 g/mol. The fourth-order valence-electron chi connectivity index (χ4n) is 4.60. The first-order valence-electron chi connectivity index (χ1n) is 11.0. The molecule has 2 aromatic rings. The van der Waals surface area contributed by atoms with Crippen LogP contribution in [0.25, 0.3) is 10.2 Å². The van der Waals surface area contributed by atoms with E-state index < -0.39 is 5.54 Å². The van der Waals surface area contributed by atoms with Gasteiger partial charge in [0.2, 0.25) is 5.91 Å². The normalized spacial score (nSPS) is 20.2. The van der Waals surface area contributed by atoms with Crippen molar-refractivity contribution in [3.05, 3.63) is 20.8 Å². The minimum Gasteiger partial charge on any atom is -0.376 e. The smallest absolute Gasteiger partial charge is 0.263 e. The Bertz CT molecular complexity index is 1070. The SMILES string of the molecule is CCc1c(C)sc2nc(SCC(=O)NC3(C#N)CCCC3)n(CC3CCCO3)c(=O)c12. The van der Waals surface area contributed by atoms with E-state index in [1.165, 1.54) is 23.1 Å². The van der Waals surface area contributed by atoms with Crippen molar-refractivity contribution < 1.29 is 9.53 Å². The van der Waals surface area contributed by atoms with Crippen molar-refractivity contribution in [2.75, 3.05) is 12.4 Å². The van der Waals surface area contributed by atoms with E-state index in [-0.39, 0.29) is 23.3 Å². The first-order chi connectivity index (χ1) is 15.0. The van der Waals surface area contributed by atoms with E-state index in [4.69, 9.17) is 9.72 Å². The number of ether oxygens (including phenoxy) is 1. The fourth-order valence-corrected chi connectivity index (χ4v) is 6.56. The number of hydrogen-bond donors (Lipinski definition) is 1. The van der Waals surface area contributed by atoms with Crippen LogP contribution in [0.1, 0.15) is 55.9 Å². The van der Waals surface area contributed by atoms with Crippen LogP contribution in [-0.2, 0) is 22.5 Å². The molecule has 1 unspecified atom stereocenters. The Hall–Kier alpha value is -1.89. The maximum Gasteiger partial charge on any atom is 0.263 e. The van der Waals surface area contributed by atoms with Crippen molar-refractivity contribution in [2.24, 2.45) is 0 Å². The van der Waals surface area contributed by atoms with Gasteiger partial charge in [0.1, 0.15) is 10.4 Å². The van der Waals surface area contributed by atoms with E-state index in [2.05, 4.69) is 18.3 Å². The molecule has 0 bridgehead atoms. The van der Waals surface area contributed by atoms with Gasteiger partial charge in [0, 0.05) is 11.5 Å². The standard InChI is InChI=1S/C22H28N4O3S2/c1-3-16-14(2)31-19-18(16)20(28)26(11-15-7-6-10-29-15)21(24-19)30-12-17(27)25-22(13-23)8-4-5-9-22/h15H,3-12H2,1-2H3,(H,25,27). The number of nitriles is 1. The van der Waals surface area contributed by atoms with Gasteiger partial charge in [-0.05, 0) is 57.4 Å². The third kappa shape index (κ3) is 4.52. The second-order valence-electron chi connectivity index (χ2n) is 8.35. The lowest BCUT2D eigenvalue weighted by Crippen LogP contribution is -2.46. The summed E-state index contributed by atoms with van der Waals surface area (Å²) in [5.74, 6) is -0.0687. The Labute approximate surface area is 190 Å². The molecule has 2 aliphatic rings. The summed E-state index contributed by atoms with van der Waals surface area (Å²) in [5.41, 5.74) is 0.270. The number of rotatable bonds is 7.